The van der Waals surface area contributed by atoms with Crippen molar-refractivity contribution in [1.82, 2.24) is 15.1 Å². The summed E-state index contributed by atoms with van der Waals surface area (Å²) >= 11 is 0. The highest BCUT2D eigenvalue weighted by Gasteiger charge is 2.31. The van der Waals surface area contributed by atoms with E-state index in [1.165, 1.54) is 4.90 Å². The van der Waals surface area contributed by atoms with Crippen LogP contribution in [0.5, 0.6) is 0 Å². The van der Waals surface area contributed by atoms with Gasteiger partial charge in [-0.2, -0.15) is 5.10 Å². The highest BCUT2D eigenvalue weighted by molar-refractivity contribution is 5.99. The second-order valence-electron chi connectivity index (χ2n) is 5.89. The van der Waals surface area contributed by atoms with Gasteiger partial charge >= 0.3 is 0 Å². The van der Waals surface area contributed by atoms with Gasteiger partial charge in [0.05, 0.1) is 17.9 Å². The number of nitrogens with one attached hydrogen (secondary N) is 1. The fourth-order valence-corrected chi connectivity index (χ4v) is 2.85. The molecule has 2 amide bonds. The Balaban J connectivity index is 2.27. The van der Waals surface area contributed by atoms with E-state index in [4.69, 9.17) is 11.5 Å². The Kier molecular flexibility index (Phi) is 4.50. The van der Waals surface area contributed by atoms with Crippen LogP contribution in [0.2, 0.25) is 0 Å². The van der Waals surface area contributed by atoms with Crippen molar-refractivity contribution in [2.24, 2.45) is 5.73 Å². The van der Waals surface area contributed by atoms with E-state index in [0.29, 0.717) is 5.69 Å². The Hall–Kier alpha value is -2.05. The molecule has 0 saturated heterocycles. The van der Waals surface area contributed by atoms with Crippen LogP contribution in [0.3, 0.4) is 0 Å². The van der Waals surface area contributed by atoms with E-state index in [-0.39, 0.29) is 30.1 Å². The van der Waals surface area contributed by atoms with Crippen LogP contribution in [0, 0.1) is 0 Å². The molecule has 7 nitrogen and oxygen atoms in total. The summed E-state index contributed by atoms with van der Waals surface area (Å²) in [5, 5.41) is 6.86. The molecule has 0 aliphatic heterocycles. The molecule has 1 heterocycles. The van der Waals surface area contributed by atoms with Gasteiger partial charge in [-0.05, 0) is 18.8 Å². The second kappa shape index (κ2) is 6.15. The molecule has 1 aromatic rings. The van der Waals surface area contributed by atoms with Gasteiger partial charge in [0.15, 0.2) is 5.69 Å². The third kappa shape index (κ3) is 3.17. The Morgan fingerprint density at radius 2 is 2.00 bits per heavy atom. The van der Waals surface area contributed by atoms with E-state index < -0.39 is 5.91 Å². The molecule has 1 saturated carbocycles. The first-order valence-electron chi connectivity index (χ1n) is 7.34. The molecule has 21 heavy (non-hydrogen) atoms. The van der Waals surface area contributed by atoms with Crippen LogP contribution < -0.4 is 11.5 Å². The lowest BCUT2D eigenvalue weighted by atomic mass is 10.1. The van der Waals surface area contributed by atoms with Crippen LogP contribution in [-0.2, 0) is 4.79 Å². The van der Waals surface area contributed by atoms with Crippen molar-refractivity contribution in [3.8, 4) is 0 Å². The predicted molar refractivity (Wildman–Crippen MR) is 79.6 cm³/mol. The number of hydrogen-bond donors (Lipinski definition) is 3. The fraction of sp³-hybridized carbons (Fsp3) is 0.643. The number of carbonyl (C=O) groups excluding carboxylic acids is 2. The summed E-state index contributed by atoms with van der Waals surface area (Å²) in [6.07, 6.45) is 3.89. The highest BCUT2D eigenvalue weighted by Crippen LogP contribution is 2.27. The molecule has 0 radical (unpaired) electrons. The topological polar surface area (TPSA) is 118 Å². The standard InChI is InChI=1S/C14H23N5O2/c1-8(2)12-11(16)13(18-17-12)14(21)19(7-10(15)20)9-5-3-4-6-9/h8-9H,3-7,16H2,1-2H3,(H2,15,20)(H,17,18). The summed E-state index contributed by atoms with van der Waals surface area (Å²) in [7, 11) is 0. The molecule has 0 aromatic carbocycles. The Morgan fingerprint density at radius 1 is 1.38 bits per heavy atom. The molecule has 1 aliphatic rings. The summed E-state index contributed by atoms with van der Waals surface area (Å²) in [6.45, 7) is 3.85. The lowest BCUT2D eigenvalue weighted by molar-refractivity contribution is -0.119. The molecule has 2 rings (SSSR count). The first-order chi connectivity index (χ1) is 9.91. The van der Waals surface area contributed by atoms with Crippen molar-refractivity contribution in [3.05, 3.63) is 11.4 Å². The minimum Gasteiger partial charge on any atom is -0.395 e. The van der Waals surface area contributed by atoms with Gasteiger partial charge in [-0.15, -0.1) is 0 Å². The number of primary amides is 1. The first kappa shape index (κ1) is 15.3. The summed E-state index contributed by atoms with van der Waals surface area (Å²) in [5.41, 5.74) is 12.6. The van der Waals surface area contributed by atoms with Crippen LogP contribution in [0.4, 0.5) is 5.69 Å². The summed E-state index contributed by atoms with van der Waals surface area (Å²) < 4.78 is 0. The maximum Gasteiger partial charge on any atom is 0.277 e. The monoisotopic (exact) mass is 293 g/mol. The van der Waals surface area contributed by atoms with E-state index in [2.05, 4.69) is 10.2 Å². The molecule has 1 aromatic heterocycles. The molecular weight excluding hydrogens is 270 g/mol. The normalized spacial score (nSPS) is 15.6. The van der Waals surface area contributed by atoms with Crippen LogP contribution >= 0.6 is 0 Å². The van der Waals surface area contributed by atoms with E-state index in [1.807, 2.05) is 13.8 Å². The Morgan fingerprint density at radius 3 is 2.48 bits per heavy atom. The summed E-state index contributed by atoms with van der Waals surface area (Å²) in [4.78, 5) is 25.5. The van der Waals surface area contributed by atoms with E-state index in [1.54, 1.807) is 0 Å². The maximum atomic E-state index is 12.7. The van der Waals surface area contributed by atoms with Crippen LogP contribution in [0.1, 0.15) is 61.6 Å². The number of aromatic nitrogens is 2. The summed E-state index contributed by atoms with van der Waals surface area (Å²) in [5.74, 6) is -0.690. The number of hydrogen-bond acceptors (Lipinski definition) is 4. The minimum atomic E-state index is -0.520. The van der Waals surface area contributed by atoms with Gasteiger partial charge in [-0.25, -0.2) is 0 Å². The molecule has 5 N–H and O–H groups in total. The molecule has 1 fully saturated rings. The highest BCUT2D eigenvalue weighted by atomic mass is 16.2. The van der Waals surface area contributed by atoms with Crippen LogP contribution in [0.15, 0.2) is 0 Å². The van der Waals surface area contributed by atoms with Crippen molar-refractivity contribution in [1.29, 1.82) is 0 Å². The minimum absolute atomic E-state index is 0.0450. The third-order valence-electron chi connectivity index (χ3n) is 3.97. The molecule has 0 bridgehead atoms. The average molecular weight is 293 g/mol. The number of nitrogens with two attached hydrogens (primary N) is 2. The molecule has 0 unspecified atom stereocenters. The Labute approximate surface area is 124 Å². The van der Waals surface area contributed by atoms with Crippen LogP contribution in [-0.4, -0.2) is 39.5 Å². The van der Waals surface area contributed by atoms with Crippen molar-refractivity contribution < 1.29 is 9.59 Å². The number of nitrogen functional groups attached to an aromatic ring is 1. The van der Waals surface area contributed by atoms with Gasteiger partial charge in [0.25, 0.3) is 5.91 Å². The number of nitrogens with zero attached hydrogens (tertiary/aromatic N) is 2. The number of aromatic amines is 1. The molecule has 116 valence electrons. The molecule has 1 aliphatic carbocycles. The predicted octanol–water partition coefficient (Wildman–Crippen LogP) is 0.985. The number of anilines is 1. The van der Waals surface area contributed by atoms with Crippen molar-refractivity contribution >= 4 is 17.5 Å². The molecule has 0 spiro atoms. The van der Waals surface area contributed by atoms with Crippen molar-refractivity contribution in [2.45, 2.75) is 51.5 Å². The number of H-pyrrole nitrogens is 1. The average Bonchev–Trinajstić information content (AvgIpc) is 3.04. The van der Waals surface area contributed by atoms with Gasteiger partial charge in [0, 0.05) is 6.04 Å². The van der Waals surface area contributed by atoms with Crippen LogP contribution in [0.25, 0.3) is 0 Å². The van der Waals surface area contributed by atoms with Gasteiger partial charge in [0.1, 0.15) is 0 Å². The largest absolute Gasteiger partial charge is 0.395 e. The zero-order chi connectivity index (χ0) is 15.6. The molecule has 0 atom stereocenters. The number of amides is 2. The lowest BCUT2D eigenvalue weighted by Crippen LogP contribution is -2.44. The van der Waals surface area contributed by atoms with Crippen molar-refractivity contribution in [3.63, 3.8) is 0 Å². The number of carbonyl (C=O) groups is 2. The SMILES string of the molecule is CC(C)c1[nH]nc(C(=O)N(CC(N)=O)C2CCCC2)c1N. The second-order valence-corrected chi connectivity index (χ2v) is 5.89. The molecule has 7 heteroatoms. The van der Waals surface area contributed by atoms with Gasteiger partial charge in [-0.3, -0.25) is 14.7 Å². The van der Waals surface area contributed by atoms with Gasteiger partial charge in [-0.1, -0.05) is 26.7 Å². The Bertz CT molecular complexity index is 531. The lowest BCUT2D eigenvalue weighted by Gasteiger charge is -2.27. The number of rotatable bonds is 5. The van der Waals surface area contributed by atoms with Gasteiger partial charge in [0.2, 0.25) is 5.91 Å². The third-order valence-corrected chi connectivity index (χ3v) is 3.97. The zero-order valence-corrected chi connectivity index (χ0v) is 12.6. The smallest absolute Gasteiger partial charge is 0.277 e. The first-order valence-corrected chi connectivity index (χ1v) is 7.34. The maximum absolute atomic E-state index is 12.7. The fourth-order valence-electron chi connectivity index (χ4n) is 2.85. The zero-order valence-electron chi connectivity index (χ0n) is 12.6. The van der Waals surface area contributed by atoms with Gasteiger partial charge < -0.3 is 16.4 Å². The quantitative estimate of drug-likeness (QED) is 0.750. The van der Waals surface area contributed by atoms with Crippen molar-refractivity contribution in [2.75, 3.05) is 12.3 Å². The van der Waals surface area contributed by atoms with E-state index >= 15 is 0 Å². The van der Waals surface area contributed by atoms with E-state index in [0.717, 1.165) is 31.4 Å². The van der Waals surface area contributed by atoms with E-state index in [9.17, 15) is 9.59 Å². The molecular formula is C14H23N5O2. The summed E-state index contributed by atoms with van der Waals surface area (Å²) in [6, 6.07) is 0.0450.